The summed E-state index contributed by atoms with van der Waals surface area (Å²) in [6.07, 6.45) is 11.4. The first kappa shape index (κ1) is 23.9. The number of fused-ring (bicyclic) bond motifs is 7. The topological polar surface area (TPSA) is 54.4 Å². The van der Waals surface area contributed by atoms with Gasteiger partial charge in [-0.1, -0.05) is 48.5 Å². The van der Waals surface area contributed by atoms with Crippen LogP contribution >= 0.6 is 0 Å². The summed E-state index contributed by atoms with van der Waals surface area (Å²) in [6, 6.07) is 0. The van der Waals surface area contributed by atoms with Crippen LogP contribution in [0.5, 0.6) is 0 Å². The van der Waals surface area contributed by atoms with E-state index in [-0.39, 0.29) is 38.9 Å². The van der Waals surface area contributed by atoms with Crippen LogP contribution in [-0.4, -0.2) is 16.9 Å². The number of carbonyl (C=O) groups is 2. The maximum absolute atomic E-state index is 12.9. The molecule has 0 amide bonds. The molecule has 33 heavy (non-hydrogen) atoms. The summed E-state index contributed by atoms with van der Waals surface area (Å²) < 4.78 is 0. The summed E-state index contributed by atoms with van der Waals surface area (Å²) in [6.45, 7) is 17.0. The molecule has 186 valence electrons. The van der Waals surface area contributed by atoms with Crippen LogP contribution < -0.4 is 0 Å². The monoisotopic (exact) mass is 456 g/mol. The molecular formula is C30H48O3. The number of carboxylic acid groups (broad SMARTS) is 1. The largest absolute Gasteiger partial charge is 0.481 e. The van der Waals surface area contributed by atoms with E-state index in [2.05, 4.69) is 48.5 Å². The number of carbonyl (C=O) groups excluding carboxylic acids is 1. The maximum Gasteiger partial charge on any atom is 0.309 e. The van der Waals surface area contributed by atoms with Gasteiger partial charge in [0, 0.05) is 12.3 Å². The van der Waals surface area contributed by atoms with Crippen molar-refractivity contribution < 1.29 is 14.7 Å². The third-order valence-electron chi connectivity index (χ3n) is 13.7. The predicted molar refractivity (Wildman–Crippen MR) is 132 cm³/mol. The van der Waals surface area contributed by atoms with Gasteiger partial charge in [-0.2, -0.15) is 0 Å². The van der Waals surface area contributed by atoms with Crippen molar-refractivity contribution in [2.24, 2.45) is 56.2 Å². The summed E-state index contributed by atoms with van der Waals surface area (Å²) in [5.74, 6) is 1.67. The predicted octanol–water partition coefficient (Wildman–Crippen LogP) is 7.52. The van der Waals surface area contributed by atoms with Crippen molar-refractivity contribution in [1.29, 1.82) is 0 Å². The Bertz CT molecular complexity index is 876. The summed E-state index contributed by atoms with van der Waals surface area (Å²) in [5.41, 5.74) is 0.376. The molecule has 1 N–H and O–H groups in total. The number of hydrogen-bond donors (Lipinski definition) is 1. The molecule has 3 heteroatoms. The van der Waals surface area contributed by atoms with Gasteiger partial charge in [-0.3, -0.25) is 9.59 Å². The quantitative estimate of drug-likeness (QED) is 0.444. The van der Waals surface area contributed by atoms with Crippen molar-refractivity contribution in [3.05, 3.63) is 0 Å². The first-order valence-corrected chi connectivity index (χ1v) is 13.9. The fraction of sp³-hybridized carbons (Fsp3) is 0.933. The van der Waals surface area contributed by atoms with Gasteiger partial charge in [0.15, 0.2) is 0 Å². The molecule has 0 heterocycles. The second-order valence-electron chi connectivity index (χ2n) is 15.1. The highest BCUT2D eigenvalue weighted by Crippen LogP contribution is 2.78. The van der Waals surface area contributed by atoms with E-state index >= 15 is 0 Å². The van der Waals surface area contributed by atoms with Crippen LogP contribution in [0.3, 0.4) is 0 Å². The number of ketones is 1. The van der Waals surface area contributed by atoms with Crippen LogP contribution in [0, 0.1) is 56.2 Å². The van der Waals surface area contributed by atoms with Gasteiger partial charge in [-0.25, -0.2) is 0 Å². The lowest BCUT2D eigenvalue weighted by Crippen LogP contribution is -2.68. The van der Waals surface area contributed by atoms with E-state index in [1.807, 2.05) is 0 Å². The second kappa shape index (κ2) is 6.88. The lowest BCUT2D eigenvalue weighted by Gasteiger charge is -2.74. The second-order valence-corrected chi connectivity index (χ2v) is 15.1. The number of rotatable bonds is 1. The summed E-state index contributed by atoms with van der Waals surface area (Å²) in [5, 5.41) is 10.6. The lowest BCUT2D eigenvalue weighted by molar-refractivity contribution is -0.259. The van der Waals surface area contributed by atoms with Crippen molar-refractivity contribution in [3.63, 3.8) is 0 Å². The van der Waals surface area contributed by atoms with E-state index in [0.717, 1.165) is 57.8 Å². The van der Waals surface area contributed by atoms with Crippen molar-refractivity contribution in [3.8, 4) is 0 Å². The molecule has 0 aliphatic heterocycles. The van der Waals surface area contributed by atoms with Crippen LogP contribution in [0.2, 0.25) is 0 Å². The Hall–Kier alpha value is -0.860. The number of Topliss-reactive ketones (excluding diaryl/α,β-unsaturated/α-hetero) is 1. The molecule has 5 aliphatic rings. The first-order valence-electron chi connectivity index (χ1n) is 13.9. The summed E-state index contributed by atoms with van der Waals surface area (Å²) in [4.78, 5) is 25.6. The molecule has 0 bridgehead atoms. The normalized spacial score (nSPS) is 55.5. The molecule has 5 rings (SSSR count). The fourth-order valence-electron chi connectivity index (χ4n) is 11.2. The zero-order chi connectivity index (χ0) is 24.2. The van der Waals surface area contributed by atoms with Gasteiger partial charge >= 0.3 is 5.97 Å². The lowest BCUT2D eigenvalue weighted by atomic mass is 9.30. The molecule has 0 aromatic heterocycles. The molecule has 5 fully saturated rings. The van der Waals surface area contributed by atoms with Crippen LogP contribution in [0.25, 0.3) is 0 Å². The molecule has 0 unspecified atom stereocenters. The van der Waals surface area contributed by atoms with Gasteiger partial charge in [0.25, 0.3) is 0 Å². The SMILES string of the molecule is C[C@H]1C(=O)CC[C@@H]2[C@]1(C)CC[C@H]1[C@@]2(C)CC[C@@]2(C)[C@@H]3CC(C)(C)CC[C@]3(C(=O)O)CC[C@@]12C. The zero-order valence-corrected chi connectivity index (χ0v) is 22.4. The average molecular weight is 457 g/mol. The van der Waals surface area contributed by atoms with E-state index < -0.39 is 11.4 Å². The average Bonchev–Trinajstić information content (AvgIpc) is 2.73. The molecular weight excluding hydrogens is 408 g/mol. The van der Waals surface area contributed by atoms with Gasteiger partial charge in [-0.05, 0) is 109 Å². The molecule has 0 spiro atoms. The standard InChI is InChI=1S/C30H48O3/c1-19-20(31)8-9-21-26(19,4)11-10-22-27(21,5)13-14-29(7)23-18-25(2,3)12-16-30(23,24(32)33)17-15-28(22,29)6/h19,21-23H,8-18H2,1-7H3,(H,32,33)/t19-,21+,22-,23-,26+,27-,28-,29-,30-/m0/s1. The molecule has 9 atom stereocenters. The molecule has 5 saturated carbocycles. The van der Waals surface area contributed by atoms with E-state index in [1.165, 1.54) is 12.8 Å². The molecule has 0 aromatic rings. The Balaban J connectivity index is 1.57. The maximum atomic E-state index is 12.9. The van der Waals surface area contributed by atoms with E-state index in [9.17, 15) is 14.7 Å². The summed E-state index contributed by atoms with van der Waals surface area (Å²) in [7, 11) is 0. The third-order valence-corrected chi connectivity index (χ3v) is 13.7. The molecule has 0 aromatic carbocycles. The molecule has 0 saturated heterocycles. The zero-order valence-electron chi connectivity index (χ0n) is 22.4. The highest BCUT2D eigenvalue weighted by molar-refractivity contribution is 5.82. The van der Waals surface area contributed by atoms with E-state index in [4.69, 9.17) is 0 Å². The highest BCUT2D eigenvalue weighted by Gasteiger charge is 2.72. The Morgan fingerprint density at radius 1 is 0.758 bits per heavy atom. The number of aliphatic carboxylic acids is 1. The van der Waals surface area contributed by atoms with Gasteiger partial charge in [-0.15, -0.1) is 0 Å². The van der Waals surface area contributed by atoms with Crippen LogP contribution in [0.1, 0.15) is 119 Å². The van der Waals surface area contributed by atoms with Crippen LogP contribution in [-0.2, 0) is 9.59 Å². The van der Waals surface area contributed by atoms with Gasteiger partial charge < -0.3 is 5.11 Å². The van der Waals surface area contributed by atoms with Crippen molar-refractivity contribution >= 4 is 11.8 Å². The van der Waals surface area contributed by atoms with E-state index in [0.29, 0.717) is 17.6 Å². The minimum absolute atomic E-state index is 0.0787. The Kier molecular flexibility index (Phi) is 4.97. The fourth-order valence-corrected chi connectivity index (χ4v) is 11.2. The van der Waals surface area contributed by atoms with Gasteiger partial charge in [0.2, 0.25) is 0 Å². The molecule has 3 nitrogen and oxygen atoms in total. The summed E-state index contributed by atoms with van der Waals surface area (Å²) >= 11 is 0. The highest BCUT2D eigenvalue weighted by atomic mass is 16.4. The minimum Gasteiger partial charge on any atom is -0.481 e. The Morgan fingerprint density at radius 2 is 1.36 bits per heavy atom. The molecule has 0 radical (unpaired) electrons. The van der Waals surface area contributed by atoms with Gasteiger partial charge in [0.1, 0.15) is 5.78 Å². The van der Waals surface area contributed by atoms with Crippen molar-refractivity contribution in [1.82, 2.24) is 0 Å². The third kappa shape index (κ3) is 2.80. The van der Waals surface area contributed by atoms with Crippen LogP contribution in [0.15, 0.2) is 0 Å². The van der Waals surface area contributed by atoms with Crippen LogP contribution in [0.4, 0.5) is 0 Å². The first-order chi connectivity index (χ1) is 15.2. The number of carboxylic acids is 1. The minimum atomic E-state index is -0.521. The van der Waals surface area contributed by atoms with Crippen molar-refractivity contribution in [2.75, 3.05) is 0 Å². The molecule has 5 aliphatic carbocycles. The number of hydrogen-bond acceptors (Lipinski definition) is 2. The Morgan fingerprint density at radius 3 is 2.03 bits per heavy atom. The van der Waals surface area contributed by atoms with E-state index in [1.54, 1.807) is 0 Å². The van der Waals surface area contributed by atoms with Gasteiger partial charge in [0.05, 0.1) is 5.41 Å². The van der Waals surface area contributed by atoms with Crippen molar-refractivity contribution in [2.45, 2.75) is 119 Å². The Labute approximate surface area is 201 Å². The smallest absolute Gasteiger partial charge is 0.309 e.